The summed E-state index contributed by atoms with van der Waals surface area (Å²) < 4.78 is 5.79. The molecular weight excluding hydrogens is 296 g/mol. The highest BCUT2D eigenvalue weighted by Gasteiger charge is 2.43. The van der Waals surface area contributed by atoms with Crippen molar-refractivity contribution in [3.8, 4) is 5.75 Å². The van der Waals surface area contributed by atoms with Crippen LogP contribution in [-0.2, 0) is 11.3 Å². The number of rotatable bonds is 2. The van der Waals surface area contributed by atoms with Crippen molar-refractivity contribution in [3.05, 3.63) is 29.3 Å². The van der Waals surface area contributed by atoms with Crippen LogP contribution in [0.3, 0.4) is 0 Å². The molecule has 6 heteroatoms. The number of ether oxygens (including phenoxy) is 1. The average molecular weight is 318 g/mol. The lowest BCUT2D eigenvalue weighted by Crippen LogP contribution is -2.49. The lowest BCUT2D eigenvalue weighted by molar-refractivity contribution is -0.149. The van der Waals surface area contributed by atoms with Crippen LogP contribution in [-0.4, -0.2) is 34.6 Å². The highest BCUT2D eigenvalue weighted by molar-refractivity contribution is 5.94. The number of hydroxylamine groups is 1. The van der Waals surface area contributed by atoms with E-state index in [4.69, 9.17) is 9.94 Å². The second-order valence-electron chi connectivity index (χ2n) is 6.77. The molecule has 23 heavy (non-hydrogen) atoms. The fourth-order valence-electron chi connectivity index (χ4n) is 3.20. The normalized spacial score (nSPS) is 22.2. The topological polar surface area (TPSA) is 78.9 Å². The number of amides is 2. The molecule has 1 atom stereocenters. The Bertz CT molecular complexity index is 639. The van der Waals surface area contributed by atoms with Crippen molar-refractivity contribution in [1.82, 2.24) is 10.4 Å². The smallest absolute Gasteiger partial charge is 0.274 e. The van der Waals surface area contributed by atoms with Crippen LogP contribution < -0.4 is 10.2 Å². The molecule has 0 radical (unpaired) electrons. The Morgan fingerprint density at radius 3 is 2.74 bits per heavy atom. The van der Waals surface area contributed by atoms with Gasteiger partial charge in [-0.25, -0.2) is 5.48 Å². The second-order valence-corrected chi connectivity index (χ2v) is 6.77. The molecule has 2 N–H and O–H groups in total. The fraction of sp³-hybridized carbons (Fsp3) is 0.529. The maximum absolute atomic E-state index is 12.9. The van der Waals surface area contributed by atoms with E-state index in [-0.39, 0.29) is 17.4 Å². The summed E-state index contributed by atoms with van der Waals surface area (Å²) in [6, 6.07) is 4.98. The van der Waals surface area contributed by atoms with Crippen molar-refractivity contribution >= 4 is 11.8 Å². The Hall–Kier alpha value is -2.08. The summed E-state index contributed by atoms with van der Waals surface area (Å²) in [4.78, 5) is 26.3. The second kappa shape index (κ2) is 5.85. The maximum atomic E-state index is 12.9. The van der Waals surface area contributed by atoms with Crippen LogP contribution in [0, 0.1) is 5.41 Å². The number of fused-ring (bicyclic) bond motifs is 1. The Kier molecular flexibility index (Phi) is 4.02. The Labute approximate surface area is 135 Å². The number of carbonyl (C=O) groups excluding carboxylic acids is 2. The lowest BCUT2D eigenvalue weighted by Gasteiger charge is -2.42. The van der Waals surface area contributed by atoms with Crippen molar-refractivity contribution in [2.75, 3.05) is 6.61 Å². The molecular formula is C17H22N2O4. The van der Waals surface area contributed by atoms with E-state index in [1.54, 1.807) is 23.7 Å². The van der Waals surface area contributed by atoms with E-state index in [0.717, 1.165) is 24.8 Å². The molecule has 124 valence electrons. The Balaban J connectivity index is 1.86. The minimum atomic E-state index is -0.580. The minimum Gasteiger partial charge on any atom is -0.491 e. The molecule has 1 aromatic rings. The van der Waals surface area contributed by atoms with Gasteiger partial charge in [-0.1, -0.05) is 19.4 Å². The first-order valence-corrected chi connectivity index (χ1v) is 7.96. The third-order valence-corrected chi connectivity index (χ3v) is 5.02. The summed E-state index contributed by atoms with van der Waals surface area (Å²) in [5, 5.41) is 8.73. The standard InChI is InChI=1S/C17H22N2O4/c1-11-10-23-14-8-12(15(20)18-22)4-5-13(14)9-19(11)16(21)17(2)6-3-7-17/h4-5,8,11,22H,3,6-7,9-10H2,1-2H3,(H,18,20)/t11-/m1/s1. The van der Waals surface area contributed by atoms with Gasteiger partial charge in [-0.2, -0.15) is 0 Å². The van der Waals surface area contributed by atoms with Crippen LogP contribution in [0.15, 0.2) is 18.2 Å². The molecule has 1 fully saturated rings. The number of carbonyl (C=O) groups is 2. The van der Waals surface area contributed by atoms with E-state index in [0.29, 0.717) is 24.5 Å². The number of hydrogen-bond acceptors (Lipinski definition) is 4. The molecule has 2 aliphatic rings. The quantitative estimate of drug-likeness (QED) is 0.646. The molecule has 0 unspecified atom stereocenters. The van der Waals surface area contributed by atoms with E-state index in [1.165, 1.54) is 0 Å². The monoisotopic (exact) mass is 318 g/mol. The summed E-state index contributed by atoms with van der Waals surface area (Å²) in [7, 11) is 0. The zero-order chi connectivity index (χ0) is 16.6. The summed E-state index contributed by atoms with van der Waals surface area (Å²) in [6.45, 7) is 4.88. The van der Waals surface area contributed by atoms with E-state index in [1.807, 2.05) is 18.7 Å². The zero-order valence-corrected chi connectivity index (χ0v) is 13.5. The molecule has 1 saturated carbocycles. The molecule has 1 aliphatic heterocycles. The Morgan fingerprint density at radius 1 is 1.39 bits per heavy atom. The molecule has 0 spiro atoms. The van der Waals surface area contributed by atoms with Crippen molar-refractivity contribution in [2.45, 2.75) is 45.7 Å². The van der Waals surface area contributed by atoms with Crippen molar-refractivity contribution in [1.29, 1.82) is 0 Å². The maximum Gasteiger partial charge on any atom is 0.274 e. The van der Waals surface area contributed by atoms with Gasteiger partial charge in [0.2, 0.25) is 5.91 Å². The first kappa shape index (κ1) is 15.8. The van der Waals surface area contributed by atoms with Gasteiger partial charge in [0.15, 0.2) is 0 Å². The van der Waals surface area contributed by atoms with Gasteiger partial charge < -0.3 is 9.64 Å². The lowest BCUT2D eigenvalue weighted by atomic mass is 9.69. The highest BCUT2D eigenvalue weighted by Crippen LogP contribution is 2.43. The van der Waals surface area contributed by atoms with E-state index >= 15 is 0 Å². The SMILES string of the molecule is C[C@@H]1COc2cc(C(=O)NO)ccc2CN1C(=O)C1(C)CCC1. The summed E-state index contributed by atoms with van der Waals surface area (Å²) in [5.41, 5.74) is 2.57. The van der Waals surface area contributed by atoms with Gasteiger partial charge in [0, 0.05) is 23.1 Å². The summed E-state index contributed by atoms with van der Waals surface area (Å²) >= 11 is 0. The van der Waals surface area contributed by atoms with Gasteiger partial charge in [0.25, 0.3) is 5.91 Å². The zero-order valence-electron chi connectivity index (χ0n) is 13.5. The fourth-order valence-corrected chi connectivity index (χ4v) is 3.20. The first-order chi connectivity index (χ1) is 10.9. The van der Waals surface area contributed by atoms with E-state index in [2.05, 4.69) is 0 Å². The number of benzene rings is 1. The van der Waals surface area contributed by atoms with E-state index < -0.39 is 5.91 Å². The summed E-state index contributed by atoms with van der Waals surface area (Å²) in [6.07, 6.45) is 2.99. The van der Waals surface area contributed by atoms with Crippen LogP contribution in [0.25, 0.3) is 0 Å². The first-order valence-electron chi connectivity index (χ1n) is 7.96. The molecule has 1 aliphatic carbocycles. The molecule has 3 rings (SSSR count). The van der Waals surface area contributed by atoms with Crippen molar-refractivity contribution < 1.29 is 19.5 Å². The third kappa shape index (κ3) is 2.79. The average Bonchev–Trinajstić information content (AvgIpc) is 2.70. The molecule has 6 nitrogen and oxygen atoms in total. The molecule has 2 amide bonds. The Morgan fingerprint density at radius 2 is 2.13 bits per heavy atom. The van der Waals surface area contributed by atoms with Gasteiger partial charge >= 0.3 is 0 Å². The molecule has 0 bridgehead atoms. The molecule has 0 saturated heterocycles. The van der Waals surface area contributed by atoms with Crippen LogP contribution in [0.2, 0.25) is 0 Å². The van der Waals surface area contributed by atoms with E-state index in [9.17, 15) is 9.59 Å². The van der Waals surface area contributed by atoms with Crippen LogP contribution in [0.4, 0.5) is 0 Å². The predicted molar refractivity (Wildman–Crippen MR) is 83.2 cm³/mol. The van der Waals surface area contributed by atoms with Gasteiger partial charge in [-0.05, 0) is 31.9 Å². The van der Waals surface area contributed by atoms with Gasteiger partial charge in [0.05, 0.1) is 6.04 Å². The van der Waals surface area contributed by atoms with Crippen molar-refractivity contribution in [2.24, 2.45) is 5.41 Å². The molecule has 1 heterocycles. The van der Waals surface area contributed by atoms with Gasteiger partial charge in [0.1, 0.15) is 12.4 Å². The highest BCUT2D eigenvalue weighted by atomic mass is 16.5. The van der Waals surface area contributed by atoms with Crippen molar-refractivity contribution in [3.63, 3.8) is 0 Å². The molecule has 0 aromatic heterocycles. The third-order valence-electron chi connectivity index (χ3n) is 5.02. The predicted octanol–water partition coefficient (Wildman–Crippen LogP) is 2.11. The minimum absolute atomic E-state index is 0.0255. The van der Waals surface area contributed by atoms with Gasteiger partial charge in [-0.3, -0.25) is 14.8 Å². The van der Waals surface area contributed by atoms with Gasteiger partial charge in [-0.15, -0.1) is 0 Å². The number of nitrogens with zero attached hydrogens (tertiary/aromatic N) is 1. The molecule has 1 aromatic carbocycles. The number of nitrogens with one attached hydrogen (secondary N) is 1. The van der Waals surface area contributed by atoms with Crippen LogP contribution in [0.5, 0.6) is 5.75 Å². The van der Waals surface area contributed by atoms with Crippen LogP contribution >= 0.6 is 0 Å². The largest absolute Gasteiger partial charge is 0.491 e. The summed E-state index contributed by atoms with van der Waals surface area (Å²) in [5.74, 6) is 0.195. The number of hydrogen-bond donors (Lipinski definition) is 2. The van der Waals surface area contributed by atoms with Crippen LogP contribution in [0.1, 0.15) is 49.0 Å².